The maximum absolute atomic E-state index is 11.7. The van der Waals surface area contributed by atoms with E-state index in [0.717, 1.165) is 11.1 Å². The zero-order chi connectivity index (χ0) is 17.5. The third-order valence-corrected chi connectivity index (χ3v) is 3.32. The lowest BCUT2D eigenvalue weighted by atomic mass is 10.1. The van der Waals surface area contributed by atoms with E-state index in [1.165, 1.54) is 19.4 Å². The van der Waals surface area contributed by atoms with Crippen LogP contribution < -0.4 is 14.9 Å². The minimum absolute atomic E-state index is 0.0129. The van der Waals surface area contributed by atoms with Gasteiger partial charge < -0.3 is 14.6 Å². The molecule has 126 valence electrons. The highest BCUT2D eigenvalue weighted by Gasteiger charge is 2.05. The normalized spacial score (nSPS) is 10.6. The van der Waals surface area contributed by atoms with E-state index in [0.29, 0.717) is 17.1 Å². The smallest absolute Gasteiger partial charge is 0.277 e. The highest BCUT2D eigenvalue weighted by atomic mass is 16.5. The molecule has 0 radical (unpaired) electrons. The van der Waals surface area contributed by atoms with Crippen LogP contribution >= 0.6 is 0 Å². The first kappa shape index (κ1) is 17.3. The Kier molecular flexibility index (Phi) is 5.78. The zero-order valence-electron chi connectivity index (χ0n) is 13.9. The Morgan fingerprint density at radius 1 is 1.25 bits per heavy atom. The van der Waals surface area contributed by atoms with Gasteiger partial charge in [-0.05, 0) is 37.6 Å². The third kappa shape index (κ3) is 4.74. The maximum atomic E-state index is 11.7. The summed E-state index contributed by atoms with van der Waals surface area (Å²) in [4.78, 5) is 11.7. The van der Waals surface area contributed by atoms with Crippen molar-refractivity contribution >= 4 is 12.1 Å². The lowest BCUT2D eigenvalue weighted by molar-refractivity contribution is -0.123. The molecule has 2 aromatic rings. The molecule has 0 fully saturated rings. The number of aryl methyl sites for hydroxylation is 2. The molecule has 6 heteroatoms. The lowest BCUT2D eigenvalue weighted by Crippen LogP contribution is -2.24. The van der Waals surface area contributed by atoms with Gasteiger partial charge in [-0.15, -0.1) is 0 Å². The fourth-order valence-electron chi connectivity index (χ4n) is 2.07. The Morgan fingerprint density at radius 2 is 2.04 bits per heavy atom. The Hall–Kier alpha value is -3.02. The number of amides is 1. The van der Waals surface area contributed by atoms with Gasteiger partial charge >= 0.3 is 0 Å². The summed E-state index contributed by atoms with van der Waals surface area (Å²) in [6.45, 7) is 3.77. The number of hydrogen-bond donors (Lipinski definition) is 2. The summed E-state index contributed by atoms with van der Waals surface area (Å²) in [5, 5.41) is 13.6. The molecule has 0 atom stereocenters. The summed E-state index contributed by atoms with van der Waals surface area (Å²) in [5.41, 5.74) is 4.92. The second-order valence-electron chi connectivity index (χ2n) is 5.28. The maximum Gasteiger partial charge on any atom is 0.277 e. The summed E-state index contributed by atoms with van der Waals surface area (Å²) < 4.78 is 10.5. The van der Waals surface area contributed by atoms with E-state index in [4.69, 9.17) is 9.47 Å². The van der Waals surface area contributed by atoms with E-state index in [9.17, 15) is 9.90 Å². The fraction of sp³-hybridized carbons (Fsp3) is 0.222. The molecule has 24 heavy (non-hydrogen) atoms. The Labute approximate surface area is 140 Å². The summed E-state index contributed by atoms with van der Waals surface area (Å²) >= 11 is 0. The molecule has 6 nitrogen and oxygen atoms in total. The van der Waals surface area contributed by atoms with Crippen LogP contribution in [-0.4, -0.2) is 30.9 Å². The predicted octanol–water partition coefficient (Wildman–Crippen LogP) is 2.55. The number of rotatable bonds is 6. The molecule has 0 saturated carbocycles. The minimum Gasteiger partial charge on any atom is -0.507 e. The van der Waals surface area contributed by atoms with Crippen molar-refractivity contribution in [2.45, 2.75) is 13.8 Å². The predicted molar refractivity (Wildman–Crippen MR) is 91.8 cm³/mol. The molecule has 1 amide bonds. The Balaban J connectivity index is 1.86. The number of phenols is 1. The number of phenolic OH excluding ortho intramolecular Hbond substituents is 1. The van der Waals surface area contributed by atoms with Crippen LogP contribution in [0.25, 0.3) is 0 Å². The van der Waals surface area contributed by atoms with Crippen LogP contribution in [0.2, 0.25) is 0 Å². The highest BCUT2D eigenvalue weighted by Crippen LogP contribution is 2.21. The van der Waals surface area contributed by atoms with Gasteiger partial charge in [0.15, 0.2) is 6.61 Å². The van der Waals surface area contributed by atoms with Gasteiger partial charge in [-0.3, -0.25) is 4.79 Å². The van der Waals surface area contributed by atoms with Crippen LogP contribution in [0.5, 0.6) is 17.2 Å². The monoisotopic (exact) mass is 328 g/mol. The Bertz CT molecular complexity index is 757. The van der Waals surface area contributed by atoms with E-state index < -0.39 is 0 Å². The topological polar surface area (TPSA) is 80.2 Å². The summed E-state index contributed by atoms with van der Waals surface area (Å²) in [6, 6.07) is 10.5. The third-order valence-electron chi connectivity index (χ3n) is 3.32. The van der Waals surface area contributed by atoms with Gasteiger partial charge in [0, 0.05) is 11.6 Å². The van der Waals surface area contributed by atoms with Crippen molar-refractivity contribution in [2.24, 2.45) is 5.10 Å². The van der Waals surface area contributed by atoms with Gasteiger partial charge in [0.25, 0.3) is 5.91 Å². The SMILES string of the molecule is COc1ccc(/C=N/NC(=O)COc2ccc(C)cc2C)c(O)c1. The molecule has 2 rings (SSSR count). The number of hydrogen-bond acceptors (Lipinski definition) is 5. The van der Waals surface area contributed by atoms with E-state index >= 15 is 0 Å². The molecule has 0 spiro atoms. The summed E-state index contributed by atoms with van der Waals surface area (Å²) in [5.74, 6) is 0.821. The quantitative estimate of drug-likeness (QED) is 0.631. The molecule has 0 unspecified atom stereocenters. The molecule has 0 aliphatic carbocycles. The molecule has 0 aromatic heterocycles. The number of hydrazone groups is 1. The van der Waals surface area contributed by atoms with Crippen LogP contribution in [-0.2, 0) is 4.79 Å². The van der Waals surface area contributed by atoms with Gasteiger partial charge in [-0.1, -0.05) is 17.7 Å². The zero-order valence-corrected chi connectivity index (χ0v) is 13.9. The largest absolute Gasteiger partial charge is 0.507 e. The van der Waals surface area contributed by atoms with Crippen molar-refractivity contribution in [3.05, 3.63) is 53.1 Å². The Morgan fingerprint density at radius 3 is 2.71 bits per heavy atom. The van der Waals surface area contributed by atoms with Crippen LogP contribution in [0, 0.1) is 13.8 Å². The van der Waals surface area contributed by atoms with Gasteiger partial charge in [0.2, 0.25) is 0 Å². The van der Waals surface area contributed by atoms with Crippen LogP contribution in [0.3, 0.4) is 0 Å². The van der Waals surface area contributed by atoms with E-state index in [2.05, 4.69) is 10.5 Å². The average Bonchev–Trinajstić information content (AvgIpc) is 2.55. The van der Waals surface area contributed by atoms with Crippen LogP contribution in [0.15, 0.2) is 41.5 Å². The van der Waals surface area contributed by atoms with Crippen molar-refractivity contribution in [3.63, 3.8) is 0 Å². The van der Waals surface area contributed by atoms with Gasteiger partial charge in [-0.2, -0.15) is 5.10 Å². The molecular weight excluding hydrogens is 308 g/mol. The molecule has 0 aliphatic rings. The average molecular weight is 328 g/mol. The molecule has 0 bridgehead atoms. The van der Waals surface area contributed by atoms with E-state index in [-0.39, 0.29) is 18.3 Å². The number of nitrogens with zero attached hydrogens (tertiary/aromatic N) is 1. The van der Waals surface area contributed by atoms with Gasteiger partial charge in [-0.25, -0.2) is 5.43 Å². The molecule has 2 N–H and O–H groups in total. The molecule has 0 heterocycles. The molecular formula is C18H20N2O4. The molecule has 0 saturated heterocycles. The number of methoxy groups -OCH3 is 1. The standard InChI is InChI=1S/C18H20N2O4/c1-12-4-7-17(13(2)8-12)24-11-18(22)20-19-10-14-5-6-15(23-3)9-16(14)21/h4-10,21H,11H2,1-3H3,(H,20,22)/b19-10+. The van der Waals surface area contributed by atoms with Crippen LogP contribution in [0.1, 0.15) is 16.7 Å². The lowest BCUT2D eigenvalue weighted by Gasteiger charge is -2.08. The van der Waals surface area contributed by atoms with Gasteiger partial charge in [0.1, 0.15) is 17.2 Å². The fourth-order valence-corrected chi connectivity index (χ4v) is 2.07. The van der Waals surface area contributed by atoms with Crippen molar-refractivity contribution in [1.82, 2.24) is 5.43 Å². The number of benzene rings is 2. The molecule has 2 aromatic carbocycles. The number of ether oxygens (including phenoxy) is 2. The summed E-state index contributed by atoms with van der Waals surface area (Å²) in [6.07, 6.45) is 1.35. The number of nitrogens with one attached hydrogen (secondary N) is 1. The van der Waals surface area contributed by atoms with Crippen molar-refractivity contribution in [3.8, 4) is 17.2 Å². The first-order valence-electron chi connectivity index (χ1n) is 7.38. The first-order valence-corrected chi connectivity index (χ1v) is 7.38. The van der Waals surface area contributed by atoms with E-state index in [1.807, 2.05) is 32.0 Å². The van der Waals surface area contributed by atoms with Crippen molar-refractivity contribution in [1.29, 1.82) is 0 Å². The number of carbonyl (C=O) groups excluding carboxylic acids is 1. The first-order chi connectivity index (χ1) is 11.5. The second-order valence-corrected chi connectivity index (χ2v) is 5.28. The minimum atomic E-state index is -0.390. The summed E-state index contributed by atoms with van der Waals surface area (Å²) in [7, 11) is 1.51. The van der Waals surface area contributed by atoms with E-state index in [1.54, 1.807) is 12.1 Å². The molecule has 0 aliphatic heterocycles. The highest BCUT2D eigenvalue weighted by molar-refractivity contribution is 5.85. The second kappa shape index (κ2) is 8.01. The van der Waals surface area contributed by atoms with Crippen LogP contribution in [0.4, 0.5) is 0 Å². The number of carbonyl (C=O) groups is 1. The van der Waals surface area contributed by atoms with Crippen molar-refractivity contribution in [2.75, 3.05) is 13.7 Å². The van der Waals surface area contributed by atoms with Crippen molar-refractivity contribution < 1.29 is 19.4 Å². The number of aromatic hydroxyl groups is 1. The van der Waals surface area contributed by atoms with Gasteiger partial charge in [0.05, 0.1) is 13.3 Å².